The summed E-state index contributed by atoms with van der Waals surface area (Å²) in [6, 6.07) is 0. The molecule has 0 aliphatic rings. The Bertz CT molecular complexity index is 162. The van der Waals surface area contributed by atoms with Gasteiger partial charge in [-0.2, -0.15) is 0 Å². The summed E-state index contributed by atoms with van der Waals surface area (Å²) in [7, 11) is 0. The molecule has 0 amide bonds. The smallest absolute Gasteiger partial charge is 0.254 e. The fourth-order valence-corrected chi connectivity index (χ4v) is 4.16. The van der Waals surface area contributed by atoms with Gasteiger partial charge >= 0.3 is 0 Å². The van der Waals surface area contributed by atoms with Crippen molar-refractivity contribution in [3.8, 4) is 0 Å². The van der Waals surface area contributed by atoms with E-state index in [1.54, 1.807) is 6.66 Å². The van der Waals surface area contributed by atoms with Gasteiger partial charge in [-0.3, -0.25) is 4.57 Å². The van der Waals surface area contributed by atoms with Crippen molar-refractivity contribution in [1.82, 2.24) is 0 Å². The van der Waals surface area contributed by atoms with Crippen LogP contribution < -0.4 is 0 Å². The van der Waals surface area contributed by atoms with Crippen molar-refractivity contribution in [3.63, 3.8) is 0 Å². The van der Waals surface area contributed by atoms with Crippen LogP contribution in [0.1, 0.15) is 39.5 Å². The van der Waals surface area contributed by atoms with Gasteiger partial charge in [0.05, 0.1) is 6.61 Å². The van der Waals surface area contributed by atoms with Crippen molar-refractivity contribution in [1.29, 1.82) is 0 Å². The van der Waals surface area contributed by atoms with Gasteiger partial charge in [0.1, 0.15) is 0 Å². The Balaban J connectivity index is 3.35. The van der Waals surface area contributed by atoms with Crippen LogP contribution in [0, 0.1) is 0 Å². The number of hydrogen-bond acceptors (Lipinski definition) is 3. The second-order valence-corrected chi connectivity index (χ2v) is 8.31. The fourth-order valence-electron chi connectivity index (χ4n) is 1.03. The first kappa shape index (κ1) is 13.5. The van der Waals surface area contributed by atoms with E-state index in [-0.39, 0.29) is 0 Å². The van der Waals surface area contributed by atoms with E-state index in [9.17, 15) is 4.57 Å². The Morgan fingerprint density at radius 2 is 1.92 bits per heavy atom. The van der Waals surface area contributed by atoms with Crippen LogP contribution in [0.3, 0.4) is 0 Å². The second kappa shape index (κ2) is 7.90. The third kappa shape index (κ3) is 8.86. The first-order valence-electron chi connectivity index (χ1n) is 4.99. The highest BCUT2D eigenvalue weighted by atomic mass is 32.7. The Morgan fingerprint density at radius 1 is 1.23 bits per heavy atom. The lowest BCUT2D eigenvalue weighted by Gasteiger charge is -2.10. The van der Waals surface area contributed by atoms with Gasteiger partial charge in [-0.05, 0) is 13.3 Å². The topological polar surface area (TPSA) is 26.3 Å². The minimum Gasteiger partial charge on any atom is -0.322 e. The van der Waals surface area contributed by atoms with E-state index in [1.807, 2.05) is 6.92 Å². The monoisotopic (exact) mass is 224 g/mol. The van der Waals surface area contributed by atoms with Gasteiger partial charge in [0.2, 0.25) is 0 Å². The minimum atomic E-state index is -2.32. The summed E-state index contributed by atoms with van der Waals surface area (Å²) in [5.41, 5.74) is 0. The zero-order valence-electron chi connectivity index (χ0n) is 8.91. The molecule has 0 aromatic heterocycles. The van der Waals surface area contributed by atoms with Gasteiger partial charge in [-0.1, -0.05) is 37.6 Å². The van der Waals surface area contributed by atoms with E-state index in [1.165, 1.54) is 30.6 Å². The molecule has 13 heavy (non-hydrogen) atoms. The van der Waals surface area contributed by atoms with Crippen molar-refractivity contribution >= 4 is 18.0 Å². The minimum absolute atomic E-state index is 0.551. The van der Waals surface area contributed by atoms with Gasteiger partial charge in [0, 0.05) is 12.4 Å². The molecule has 0 heterocycles. The lowest BCUT2D eigenvalue weighted by molar-refractivity contribution is 0.350. The summed E-state index contributed by atoms with van der Waals surface area (Å²) in [6.45, 7) is 4.01. The maximum atomic E-state index is 11.6. The van der Waals surface area contributed by atoms with Crippen molar-refractivity contribution in [2.45, 2.75) is 39.5 Å². The van der Waals surface area contributed by atoms with Gasteiger partial charge < -0.3 is 4.52 Å². The first-order chi connectivity index (χ1) is 6.12. The van der Waals surface area contributed by atoms with E-state index >= 15 is 0 Å². The van der Waals surface area contributed by atoms with Crippen LogP contribution in [-0.2, 0) is 9.09 Å². The van der Waals surface area contributed by atoms with E-state index < -0.39 is 6.57 Å². The molecular formula is C9H21O2PS. The Kier molecular flexibility index (Phi) is 8.23. The van der Waals surface area contributed by atoms with Crippen molar-refractivity contribution in [3.05, 3.63) is 0 Å². The second-order valence-electron chi connectivity index (χ2n) is 3.08. The predicted molar refractivity (Wildman–Crippen MR) is 61.8 cm³/mol. The molecular weight excluding hydrogens is 203 g/mol. The maximum absolute atomic E-state index is 11.6. The third-order valence-corrected chi connectivity index (χ3v) is 5.63. The van der Waals surface area contributed by atoms with Gasteiger partial charge in [0.15, 0.2) is 0 Å². The van der Waals surface area contributed by atoms with Gasteiger partial charge in [0.25, 0.3) is 6.57 Å². The summed E-state index contributed by atoms with van der Waals surface area (Å²) in [6.07, 6.45) is 4.93. The molecule has 0 aliphatic carbocycles. The molecule has 0 aromatic carbocycles. The van der Waals surface area contributed by atoms with Crippen molar-refractivity contribution in [2.24, 2.45) is 0 Å². The van der Waals surface area contributed by atoms with Gasteiger partial charge in [-0.25, -0.2) is 0 Å². The number of hydrogen-bond donors (Lipinski definition) is 0. The van der Waals surface area contributed by atoms with Crippen molar-refractivity contribution < 1.29 is 9.09 Å². The average Bonchev–Trinajstić information content (AvgIpc) is 2.04. The highest BCUT2D eigenvalue weighted by Crippen LogP contribution is 2.56. The van der Waals surface area contributed by atoms with Crippen LogP contribution in [-0.4, -0.2) is 19.0 Å². The van der Waals surface area contributed by atoms with E-state index in [0.717, 1.165) is 12.2 Å². The molecule has 0 aliphatic heterocycles. The molecule has 0 rings (SSSR count). The molecule has 1 atom stereocenters. The zero-order valence-corrected chi connectivity index (χ0v) is 10.6. The van der Waals surface area contributed by atoms with Crippen molar-refractivity contribution in [2.75, 3.05) is 19.0 Å². The SMILES string of the molecule is CCCCCCSP(C)(=O)OCC. The standard InChI is InChI=1S/C9H21O2PS/c1-4-6-7-8-9-13-12(3,10)11-5-2/h4-9H2,1-3H3. The highest BCUT2D eigenvalue weighted by Gasteiger charge is 2.14. The van der Waals surface area contributed by atoms with E-state index in [0.29, 0.717) is 6.61 Å². The fraction of sp³-hybridized carbons (Fsp3) is 1.00. The van der Waals surface area contributed by atoms with Crippen LogP contribution in [0.15, 0.2) is 0 Å². The molecule has 0 spiro atoms. The highest BCUT2D eigenvalue weighted by molar-refractivity contribution is 8.56. The van der Waals surface area contributed by atoms with Crippen LogP contribution in [0.5, 0.6) is 0 Å². The predicted octanol–water partition coefficient (Wildman–Crippen LogP) is 4.16. The normalized spacial score (nSPS) is 15.6. The molecule has 0 fully saturated rings. The Hall–Kier alpha value is 0.540. The van der Waals surface area contributed by atoms with Crippen LogP contribution in [0.4, 0.5) is 0 Å². The lowest BCUT2D eigenvalue weighted by atomic mass is 10.2. The molecule has 0 saturated carbocycles. The molecule has 4 heteroatoms. The quantitative estimate of drug-likeness (QED) is 0.457. The number of rotatable bonds is 8. The molecule has 0 saturated heterocycles. The van der Waals surface area contributed by atoms with Gasteiger partial charge in [-0.15, -0.1) is 0 Å². The molecule has 1 unspecified atom stereocenters. The molecule has 2 nitrogen and oxygen atoms in total. The molecule has 0 bridgehead atoms. The molecule has 0 radical (unpaired) electrons. The maximum Gasteiger partial charge on any atom is 0.254 e. The average molecular weight is 224 g/mol. The first-order valence-corrected chi connectivity index (χ1v) is 8.65. The lowest BCUT2D eigenvalue weighted by Crippen LogP contribution is -1.86. The van der Waals surface area contributed by atoms with E-state index in [2.05, 4.69) is 6.92 Å². The summed E-state index contributed by atoms with van der Waals surface area (Å²) < 4.78 is 16.7. The summed E-state index contributed by atoms with van der Waals surface area (Å²) in [5, 5.41) is 0. The molecule has 0 N–H and O–H groups in total. The molecule has 80 valence electrons. The summed E-state index contributed by atoms with van der Waals surface area (Å²) in [5.74, 6) is 0.966. The Morgan fingerprint density at radius 3 is 2.46 bits per heavy atom. The van der Waals surface area contributed by atoms with Crippen LogP contribution >= 0.6 is 18.0 Å². The third-order valence-electron chi connectivity index (χ3n) is 1.69. The Labute approximate surface area is 86.0 Å². The van der Waals surface area contributed by atoms with Crippen LogP contribution in [0.2, 0.25) is 0 Å². The molecule has 0 aromatic rings. The van der Waals surface area contributed by atoms with Crippen LogP contribution in [0.25, 0.3) is 0 Å². The number of unbranched alkanes of at least 4 members (excludes halogenated alkanes) is 3. The zero-order chi connectivity index (χ0) is 10.2. The summed E-state index contributed by atoms with van der Waals surface area (Å²) in [4.78, 5) is 0. The largest absolute Gasteiger partial charge is 0.322 e. The summed E-state index contributed by atoms with van der Waals surface area (Å²) >= 11 is 1.49. The van der Waals surface area contributed by atoms with E-state index in [4.69, 9.17) is 4.52 Å².